The summed E-state index contributed by atoms with van der Waals surface area (Å²) in [6.07, 6.45) is 1.26. The average molecular weight is 314 g/mol. The van der Waals surface area contributed by atoms with Crippen LogP contribution in [0.15, 0.2) is 17.2 Å². The summed E-state index contributed by atoms with van der Waals surface area (Å²) >= 11 is 0. The second-order valence-electron chi connectivity index (χ2n) is 4.50. The zero-order valence-corrected chi connectivity index (χ0v) is 12.2. The number of carbonyl (C=O) groups excluding carboxylic acids is 3. The highest BCUT2D eigenvalue weighted by Gasteiger charge is 2.34. The van der Waals surface area contributed by atoms with Gasteiger partial charge >= 0.3 is 0 Å². The lowest BCUT2D eigenvalue weighted by Crippen LogP contribution is -2.53. The maximum atomic E-state index is 12.4. The molecule has 10 heteroatoms. The molecular weight excluding hydrogens is 300 g/mol. The van der Waals surface area contributed by atoms with Gasteiger partial charge in [-0.1, -0.05) is 0 Å². The van der Waals surface area contributed by atoms with Crippen molar-refractivity contribution < 1.29 is 22.8 Å². The minimum absolute atomic E-state index is 0.147. The molecular formula is C11H14N4O5S. The van der Waals surface area contributed by atoms with Crippen molar-refractivity contribution in [1.82, 2.24) is 19.5 Å². The Balaban J connectivity index is 2.38. The predicted molar refractivity (Wildman–Crippen MR) is 70.7 cm³/mol. The van der Waals surface area contributed by atoms with Crippen molar-refractivity contribution in [3.8, 4) is 0 Å². The van der Waals surface area contributed by atoms with Gasteiger partial charge in [0.15, 0.2) is 0 Å². The molecule has 3 amide bonds. The summed E-state index contributed by atoms with van der Waals surface area (Å²) in [4.78, 5) is 34.0. The molecule has 9 nitrogen and oxygen atoms in total. The van der Waals surface area contributed by atoms with E-state index in [2.05, 4.69) is 5.32 Å². The van der Waals surface area contributed by atoms with Crippen LogP contribution < -0.4 is 10.6 Å². The Morgan fingerprint density at radius 3 is 2.38 bits per heavy atom. The van der Waals surface area contributed by atoms with Gasteiger partial charge in [0.25, 0.3) is 5.91 Å². The molecule has 2 rings (SSSR count). The molecule has 0 atom stereocenters. The van der Waals surface area contributed by atoms with Crippen LogP contribution in [0.2, 0.25) is 0 Å². The van der Waals surface area contributed by atoms with E-state index in [0.717, 1.165) is 4.31 Å². The number of amides is 3. The van der Waals surface area contributed by atoms with Gasteiger partial charge in [-0.25, -0.2) is 8.42 Å². The minimum Gasteiger partial charge on any atom is -0.354 e. The van der Waals surface area contributed by atoms with Gasteiger partial charge in [0, 0.05) is 20.3 Å². The van der Waals surface area contributed by atoms with Crippen LogP contribution in [-0.4, -0.2) is 55.1 Å². The number of nitrogens with zero attached hydrogens (tertiary/aromatic N) is 2. The summed E-state index contributed by atoms with van der Waals surface area (Å²) in [7, 11) is -1.07. The monoisotopic (exact) mass is 314 g/mol. The molecule has 114 valence electrons. The number of sulfonamides is 1. The molecule has 2 N–H and O–H groups in total. The maximum Gasteiger partial charge on any atom is 0.267 e. The van der Waals surface area contributed by atoms with Crippen molar-refractivity contribution in [2.24, 2.45) is 7.05 Å². The number of hydrogen-bond acceptors (Lipinski definition) is 5. The molecule has 0 radical (unpaired) electrons. The Labute approximate surface area is 121 Å². The third-order valence-corrected chi connectivity index (χ3v) is 4.75. The number of rotatable bonds is 3. The van der Waals surface area contributed by atoms with E-state index in [1.54, 1.807) is 0 Å². The number of aryl methyl sites for hydroxylation is 1. The van der Waals surface area contributed by atoms with Gasteiger partial charge in [-0.15, -0.1) is 0 Å². The molecule has 0 aliphatic carbocycles. The molecule has 1 fully saturated rings. The highest BCUT2D eigenvalue weighted by molar-refractivity contribution is 7.89. The smallest absolute Gasteiger partial charge is 0.267 e. The predicted octanol–water partition coefficient (Wildman–Crippen LogP) is -1.97. The van der Waals surface area contributed by atoms with Gasteiger partial charge in [0.05, 0.1) is 13.1 Å². The first-order chi connectivity index (χ1) is 9.75. The summed E-state index contributed by atoms with van der Waals surface area (Å²) in [6, 6.07) is 1.20. The van der Waals surface area contributed by atoms with E-state index in [0.29, 0.717) is 0 Å². The highest BCUT2D eigenvalue weighted by Crippen LogP contribution is 2.19. The third-order valence-electron chi connectivity index (χ3n) is 3.00. The van der Waals surface area contributed by atoms with Crippen molar-refractivity contribution in [3.63, 3.8) is 0 Å². The molecule has 1 saturated heterocycles. The van der Waals surface area contributed by atoms with Crippen molar-refractivity contribution >= 4 is 27.7 Å². The number of nitrogens with one attached hydrogen (secondary N) is 2. The van der Waals surface area contributed by atoms with Crippen molar-refractivity contribution in [2.45, 2.75) is 4.90 Å². The number of aromatic nitrogens is 1. The molecule has 1 aliphatic rings. The second kappa shape index (κ2) is 5.30. The Hall–Kier alpha value is -2.20. The van der Waals surface area contributed by atoms with Crippen molar-refractivity contribution in [3.05, 3.63) is 18.0 Å². The lowest BCUT2D eigenvalue weighted by Gasteiger charge is -2.24. The van der Waals surface area contributed by atoms with E-state index < -0.39 is 40.8 Å². The first-order valence-corrected chi connectivity index (χ1v) is 7.41. The number of hydrogen-bond donors (Lipinski definition) is 2. The van der Waals surface area contributed by atoms with Gasteiger partial charge in [0.1, 0.15) is 10.6 Å². The average Bonchev–Trinajstić information content (AvgIpc) is 2.79. The van der Waals surface area contributed by atoms with E-state index in [1.165, 1.54) is 30.9 Å². The molecule has 2 heterocycles. The van der Waals surface area contributed by atoms with E-state index in [4.69, 9.17) is 0 Å². The van der Waals surface area contributed by atoms with E-state index in [-0.39, 0.29) is 10.6 Å². The third kappa shape index (κ3) is 2.81. The van der Waals surface area contributed by atoms with Crippen LogP contribution in [0.5, 0.6) is 0 Å². The highest BCUT2D eigenvalue weighted by atomic mass is 32.2. The first kappa shape index (κ1) is 15.2. The van der Waals surface area contributed by atoms with Gasteiger partial charge in [-0.3, -0.25) is 19.7 Å². The minimum atomic E-state index is -4.02. The van der Waals surface area contributed by atoms with Crippen LogP contribution in [0, 0.1) is 0 Å². The van der Waals surface area contributed by atoms with Gasteiger partial charge in [-0.2, -0.15) is 4.31 Å². The molecule has 0 saturated carbocycles. The van der Waals surface area contributed by atoms with Crippen LogP contribution in [-0.2, 0) is 26.7 Å². The number of carbonyl (C=O) groups is 3. The summed E-state index contributed by atoms with van der Waals surface area (Å²) in [5, 5.41) is 4.42. The van der Waals surface area contributed by atoms with Crippen LogP contribution in [0.25, 0.3) is 0 Å². The molecule has 0 unspecified atom stereocenters. The van der Waals surface area contributed by atoms with Gasteiger partial charge in [0.2, 0.25) is 21.8 Å². The standard InChI is InChI=1S/C11H14N4O5S/c1-12-11(18)8-3-7(4-14(8)2)21(19,20)15-5-9(16)13-10(17)6-15/h3-4H,5-6H2,1-2H3,(H,12,18)(H,13,16,17). The molecule has 1 aliphatic heterocycles. The lowest BCUT2D eigenvalue weighted by atomic mass is 10.4. The topological polar surface area (TPSA) is 118 Å². The maximum absolute atomic E-state index is 12.4. The van der Waals surface area contributed by atoms with Gasteiger partial charge < -0.3 is 9.88 Å². The van der Waals surface area contributed by atoms with Crippen molar-refractivity contribution in [2.75, 3.05) is 20.1 Å². The Morgan fingerprint density at radius 1 is 1.29 bits per heavy atom. The van der Waals surface area contributed by atoms with E-state index in [1.807, 2.05) is 5.32 Å². The van der Waals surface area contributed by atoms with Crippen LogP contribution in [0.1, 0.15) is 10.5 Å². The molecule has 1 aromatic rings. The largest absolute Gasteiger partial charge is 0.354 e. The molecule has 0 bridgehead atoms. The van der Waals surface area contributed by atoms with Crippen molar-refractivity contribution in [1.29, 1.82) is 0 Å². The van der Waals surface area contributed by atoms with Crippen LogP contribution in [0.3, 0.4) is 0 Å². The summed E-state index contributed by atoms with van der Waals surface area (Å²) < 4.78 is 26.9. The Bertz CT molecular complexity index is 705. The fraction of sp³-hybridized carbons (Fsp3) is 0.364. The van der Waals surface area contributed by atoms with E-state index in [9.17, 15) is 22.8 Å². The number of piperazine rings is 1. The number of imide groups is 1. The molecule has 0 spiro atoms. The normalized spacial score (nSPS) is 16.7. The quantitative estimate of drug-likeness (QED) is 0.628. The second-order valence-corrected chi connectivity index (χ2v) is 6.43. The van der Waals surface area contributed by atoms with E-state index >= 15 is 0 Å². The zero-order valence-electron chi connectivity index (χ0n) is 11.4. The van der Waals surface area contributed by atoms with Crippen LogP contribution in [0.4, 0.5) is 0 Å². The molecule has 1 aromatic heterocycles. The Morgan fingerprint density at radius 2 is 1.86 bits per heavy atom. The Kier molecular flexibility index (Phi) is 3.83. The van der Waals surface area contributed by atoms with Crippen LogP contribution >= 0.6 is 0 Å². The molecule has 0 aromatic carbocycles. The fourth-order valence-electron chi connectivity index (χ4n) is 1.96. The summed E-state index contributed by atoms with van der Waals surface area (Å²) in [5.41, 5.74) is 0.156. The lowest BCUT2D eigenvalue weighted by molar-refractivity contribution is -0.134. The molecule has 21 heavy (non-hydrogen) atoms. The zero-order chi connectivity index (χ0) is 15.8. The first-order valence-electron chi connectivity index (χ1n) is 5.97. The SMILES string of the molecule is CNC(=O)c1cc(S(=O)(=O)N2CC(=O)NC(=O)C2)cn1C. The van der Waals surface area contributed by atoms with Gasteiger partial charge in [-0.05, 0) is 6.07 Å². The summed E-state index contributed by atoms with van der Waals surface area (Å²) in [6.45, 7) is -0.865. The summed E-state index contributed by atoms with van der Waals surface area (Å²) in [5.74, 6) is -1.80. The fourth-order valence-corrected chi connectivity index (χ4v) is 3.38.